The van der Waals surface area contributed by atoms with Crippen molar-refractivity contribution in [3.8, 4) is 0 Å². The molecule has 0 atom stereocenters. The van der Waals surface area contributed by atoms with E-state index in [2.05, 4.69) is 5.32 Å². The maximum absolute atomic E-state index is 13.6. The Balaban J connectivity index is 1.68. The number of hydrogen-bond donors (Lipinski definition) is 1. The average Bonchev–Trinajstić information content (AvgIpc) is 2.98. The number of amides is 2. The van der Waals surface area contributed by atoms with E-state index in [4.69, 9.17) is 0 Å². The smallest absolute Gasteiger partial charge is 0.317 e. The van der Waals surface area contributed by atoms with Gasteiger partial charge in [-0.25, -0.2) is 9.18 Å². The van der Waals surface area contributed by atoms with E-state index in [1.165, 1.54) is 6.07 Å². The van der Waals surface area contributed by atoms with Gasteiger partial charge in [0.25, 0.3) is 0 Å². The van der Waals surface area contributed by atoms with Gasteiger partial charge in [-0.3, -0.25) is 0 Å². The molecule has 1 N–H and O–H groups in total. The number of anilines is 1. The van der Waals surface area contributed by atoms with Gasteiger partial charge in [0, 0.05) is 33.2 Å². The van der Waals surface area contributed by atoms with Crippen LogP contribution >= 0.6 is 0 Å². The summed E-state index contributed by atoms with van der Waals surface area (Å²) >= 11 is 0. The van der Waals surface area contributed by atoms with Crippen LogP contribution in [0, 0.1) is 5.82 Å². The van der Waals surface area contributed by atoms with Crippen molar-refractivity contribution in [1.82, 2.24) is 10.2 Å². The van der Waals surface area contributed by atoms with Gasteiger partial charge in [-0.2, -0.15) is 0 Å². The van der Waals surface area contributed by atoms with E-state index < -0.39 is 0 Å². The molecule has 0 aromatic heterocycles. The lowest BCUT2D eigenvalue weighted by atomic mass is 10.2. The second-order valence-electron chi connectivity index (χ2n) is 5.15. The van der Waals surface area contributed by atoms with Crippen molar-refractivity contribution in [3.63, 3.8) is 0 Å². The highest BCUT2D eigenvalue weighted by Gasteiger charge is 2.16. The molecule has 20 heavy (non-hydrogen) atoms. The second kappa shape index (κ2) is 7.12. The standard InChI is InChI=1S/C15H22FN3O/c1-18(14-8-3-2-7-13(14)16)10-6-9-17-15(20)19-11-4-5-12-19/h2-3,7-8H,4-6,9-12H2,1H3,(H,17,20). The molecule has 110 valence electrons. The normalized spacial score (nSPS) is 14.4. The van der Waals surface area contributed by atoms with E-state index in [1.54, 1.807) is 12.1 Å². The Hall–Kier alpha value is -1.78. The number of nitrogens with zero attached hydrogens (tertiary/aromatic N) is 2. The third kappa shape index (κ3) is 3.85. The van der Waals surface area contributed by atoms with E-state index in [0.717, 1.165) is 32.4 Å². The SMILES string of the molecule is CN(CCCNC(=O)N1CCCC1)c1ccccc1F. The first-order valence-electron chi connectivity index (χ1n) is 7.17. The number of benzene rings is 1. The molecule has 2 amide bonds. The molecule has 0 bridgehead atoms. The molecule has 0 aliphatic carbocycles. The Kier molecular flexibility index (Phi) is 5.21. The van der Waals surface area contributed by atoms with Crippen molar-refractivity contribution in [3.05, 3.63) is 30.1 Å². The largest absolute Gasteiger partial charge is 0.372 e. The Labute approximate surface area is 119 Å². The Morgan fingerprint density at radius 3 is 2.75 bits per heavy atom. The van der Waals surface area contributed by atoms with Crippen LogP contribution in [-0.2, 0) is 0 Å². The molecule has 1 saturated heterocycles. The summed E-state index contributed by atoms with van der Waals surface area (Å²) in [6, 6.07) is 6.75. The number of rotatable bonds is 5. The molecule has 1 aliphatic rings. The van der Waals surface area contributed by atoms with Crippen LogP contribution in [0.4, 0.5) is 14.9 Å². The minimum atomic E-state index is -0.212. The number of likely N-dealkylation sites (tertiary alicyclic amines) is 1. The number of para-hydroxylation sites is 1. The Morgan fingerprint density at radius 1 is 1.35 bits per heavy atom. The van der Waals surface area contributed by atoms with Crippen LogP contribution in [0.2, 0.25) is 0 Å². The molecule has 0 spiro atoms. The number of carbonyl (C=O) groups is 1. The highest BCUT2D eigenvalue weighted by Crippen LogP contribution is 2.16. The van der Waals surface area contributed by atoms with Gasteiger partial charge in [0.1, 0.15) is 5.82 Å². The molecule has 1 aromatic carbocycles. The van der Waals surface area contributed by atoms with Crippen molar-refractivity contribution in [1.29, 1.82) is 0 Å². The Bertz CT molecular complexity index is 446. The summed E-state index contributed by atoms with van der Waals surface area (Å²) in [5.41, 5.74) is 0.596. The van der Waals surface area contributed by atoms with Gasteiger partial charge < -0.3 is 15.1 Å². The van der Waals surface area contributed by atoms with Gasteiger partial charge in [-0.1, -0.05) is 12.1 Å². The molecule has 0 saturated carbocycles. The summed E-state index contributed by atoms with van der Waals surface area (Å²) in [6.45, 7) is 3.05. The lowest BCUT2D eigenvalue weighted by Crippen LogP contribution is -2.39. The third-order valence-corrected chi connectivity index (χ3v) is 3.60. The number of hydrogen-bond acceptors (Lipinski definition) is 2. The molecule has 0 unspecified atom stereocenters. The number of nitrogens with one attached hydrogen (secondary N) is 1. The van der Waals surface area contributed by atoms with Crippen LogP contribution in [0.25, 0.3) is 0 Å². The minimum Gasteiger partial charge on any atom is -0.372 e. The molecule has 5 heteroatoms. The van der Waals surface area contributed by atoms with Gasteiger partial charge >= 0.3 is 6.03 Å². The van der Waals surface area contributed by atoms with Crippen LogP contribution in [0.3, 0.4) is 0 Å². The third-order valence-electron chi connectivity index (χ3n) is 3.60. The average molecular weight is 279 g/mol. The first-order chi connectivity index (χ1) is 9.68. The van der Waals surface area contributed by atoms with Crippen molar-refractivity contribution in [2.24, 2.45) is 0 Å². The molecule has 1 heterocycles. The van der Waals surface area contributed by atoms with Crippen molar-refractivity contribution < 1.29 is 9.18 Å². The summed E-state index contributed by atoms with van der Waals surface area (Å²) in [7, 11) is 1.86. The van der Waals surface area contributed by atoms with Gasteiger partial charge in [-0.15, -0.1) is 0 Å². The summed E-state index contributed by atoms with van der Waals surface area (Å²) in [4.78, 5) is 15.5. The zero-order valence-corrected chi connectivity index (χ0v) is 11.9. The molecule has 1 aliphatic heterocycles. The van der Waals surface area contributed by atoms with E-state index in [1.807, 2.05) is 22.9 Å². The maximum atomic E-state index is 13.6. The number of halogens is 1. The van der Waals surface area contributed by atoms with Gasteiger partial charge in [0.15, 0.2) is 0 Å². The summed E-state index contributed by atoms with van der Waals surface area (Å²) in [5, 5.41) is 2.91. The van der Waals surface area contributed by atoms with Gasteiger partial charge in [-0.05, 0) is 31.4 Å². The van der Waals surface area contributed by atoms with Crippen LogP contribution < -0.4 is 10.2 Å². The van der Waals surface area contributed by atoms with E-state index in [0.29, 0.717) is 18.8 Å². The van der Waals surface area contributed by atoms with Crippen LogP contribution in [0.15, 0.2) is 24.3 Å². The lowest BCUT2D eigenvalue weighted by Gasteiger charge is -2.20. The first kappa shape index (κ1) is 14.6. The van der Waals surface area contributed by atoms with Crippen LogP contribution in [0.5, 0.6) is 0 Å². The molecule has 4 nitrogen and oxygen atoms in total. The van der Waals surface area contributed by atoms with E-state index >= 15 is 0 Å². The monoisotopic (exact) mass is 279 g/mol. The topological polar surface area (TPSA) is 35.6 Å². The van der Waals surface area contributed by atoms with Crippen molar-refractivity contribution in [2.75, 3.05) is 38.1 Å². The zero-order valence-electron chi connectivity index (χ0n) is 11.9. The lowest BCUT2D eigenvalue weighted by molar-refractivity contribution is 0.209. The molecule has 0 radical (unpaired) electrons. The molecule has 1 fully saturated rings. The van der Waals surface area contributed by atoms with E-state index in [-0.39, 0.29) is 11.8 Å². The summed E-state index contributed by atoms with van der Waals surface area (Å²) < 4.78 is 13.6. The molecular weight excluding hydrogens is 257 g/mol. The second-order valence-corrected chi connectivity index (χ2v) is 5.15. The predicted molar refractivity (Wildman–Crippen MR) is 78.5 cm³/mol. The highest BCUT2D eigenvalue weighted by atomic mass is 19.1. The fourth-order valence-corrected chi connectivity index (χ4v) is 2.43. The van der Waals surface area contributed by atoms with Crippen LogP contribution in [-0.4, -0.2) is 44.2 Å². The predicted octanol–water partition coefficient (Wildman–Crippen LogP) is 2.46. The molecule has 2 rings (SSSR count). The molecule has 1 aromatic rings. The van der Waals surface area contributed by atoms with Crippen molar-refractivity contribution in [2.45, 2.75) is 19.3 Å². The number of carbonyl (C=O) groups excluding carboxylic acids is 1. The van der Waals surface area contributed by atoms with E-state index in [9.17, 15) is 9.18 Å². The van der Waals surface area contributed by atoms with Gasteiger partial charge in [0.2, 0.25) is 0 Å². The fraction of sp³-hybridized carbons (Fsp3) is 0.533. The molecular formula is C15H22FN3O. The van der Waals surface area contributed by atoms with Crippen LogP contribution in [0.1, 0.15) is 19.3 Å². The quantitative estimate of drug-likeness (QED) is 0.840. The maximum Gasteiger partial charge on any atom is 0.317 e. The first-order valence-corrected chi connectivity index (χ1v) is 7.17. The summed E-state index contributed by atoms with van der Waals surface area (Å²) in [5.74, 6) is -0.212. The highest BCUT2D eigenvalue weighted by molar-refractivity contribution is 5.74. The number of urea groups is 1. The van der Waals surface area contributed by atoms with Crippen molar-refractivity contribution >= 4 is 11.7 Å². The fourth-order valence-electron chi connectivity index (χ4n) is 2.43. The minimum absolute atomic E-state index is 0.0241. The summed E-state index contributed by atoms with van der Waals surface area (Å²) in [6.07, 6.45) is 3.00. The zero-order chi connectivity index (χ0) is 14.4. The Morgan fingerprint density at radius 2 is 2.05 bits per heavy atom. The van der Waals surface area contributed by atoms with Gasteiger partial charge in [0.05, 0.1) is 5.69 Å².